The zero-order valence-electron chi connectivity index (χ0n) is 16.1. The maximum Gasteiger partial charge on any atom is 0.232 e. The Labute approximate surface area is 183 Å². The second kappa shape index (κ2) is 8.65. The van der Waals surface area contributed by atoms with Crippen LogP contribution in [0.15, 0.2) is 54.0 Å². The number of thiophene rings is 1. The molecule has 1 fully saturated rings. The molecule has 3 aromatic heterocycles. The Morgan fingerprint density at radius 2 is 1.90 bits per heavy atom. The average Bonchev–Trinajstić information content (AvgIpc) is 3.21. The van der Waals surface area contributed by atoms with Gasteiger partial charge in [0.05, 0.1) is 25.1 Å². The maximum atomic E-state index is 6.25. The first-order valence-corrected chi connectivity index (χ1v) is 11.0. The van der Waals surface area contributed by atoms with Gasteiger partial charge in [0.1, 0.15) is 10.7 Å². The zero-order valence-corrected chi connectivity index (χ0v) is 17.7. The SMILES string of the molecule is Clc1ncccc1Oc1nc(CN2CCOCC2)nc2scc(-c3ccccc3)c12. The molecule has 0 amide bonds. The van der Waals surface area contributed by atoms with Gasteiger partial charge in [-0.3, -0.25) is 4.90 Å². The van der Waals surface area contributed by atoms with Gasteiger partial charge in [0.2, 0.25) is 5.88 Å². The van der Waals surface area contributed by atoms with E-state index in [1.54, 1.807) is 29.7 Å². The summed E-state index contributed by atoms with van der Waals surface area (Å²) in [5.41, 5.74) is 2.14. The Balaban J connectivity index is 1.60. The van der Waals surface area contributed by atoms with Crippen LogP contribution in [0.2, 0.25) is 5.15 Å². The molecule has 30 heavy (non-hydrogen) atoms. The van der Waals surface area contributed by atoms with Gasteiger partial charge in [-0.25, -0.2) is 9.97 Å². The van der Waals surface area contributed by atoms with Gasteiger partial charge in [-0.1, -0.05) is 41.9 Å². The van der Waals surface area contributed by atoms with Crippen molar-refractivity contribution in [3.8, 4) is 22.8 Å². The number of rotatable bonds is 5. The normalized spacial score (nSPS) is 14.8. The van der Waals surface area contributed by atoms with Gasteiger partial charge in [0.25, 0.3) is 0 Å². The number of aromatic nitrogens is 3. The van der Waals surface area contributed by atoms with Crippen LogP contribution in [0.5, 0.6) is 11.6 Å². The quantitative estimate of drug-likeness (QED) is 0.407. The molecule has 6 nitrogen and oxygen atoms in total. The van der Waals surface area contributed by atoms with Crippen LogP contribution in [0.4, 0.5) is 0 Å². The molecule has 0 spiro atoms. The summed E-state index contributed by atoms with van der Waals surface area (Å²) in [6.07, 6.45) is 1.63. The number of morpholine rings is 1. The first kappa shape index (κ1) is 19.4. The lowest BCUT2D eigenvalue weighted by Crippen LogP contribution is -2.36. The second-order valence-electron chi connectivity index (χ2n) is 6.92. The second-order valence-corrected chi connectivity index (χ2v) is 8.14. The molecule has 8 heteroatoms. The summed E-state index contributed by atoms with van der Waals surface area (Å²) in [6.45, 7) is 3.84. The van der Waals surface area contributed by atoms with E-state index in [0.29, 0.717) is 23.3 Å². The van der Waals surface area contributed by atoms with Crippen molar-refractivity contribution in [2.45, 2.75) is 6.54 Å². The monoisotopic (exact) mass is 438 g/mol. The molecule has 152 valence electrons. The summed E-state index contributed by atoms with van der Waals surface area (Å²) in [7, 11) is 0. The number of fused-ring (bicyclic) bond motifs is 1. The molecule has 0 aliphatic carbocycles. The number of pyridine rings is 1. The minimum absolute atomic E-state index is 0.301. The van der Waals surface area contributed by atoms with Crippen molar-refractivity contribution in [3.63, 3.8) is 0 Å². The fourth-order valence-electron chi connectivity index (χ4n) is 3.44. The Bertz CT molecular complexity index is 1160. The van der Waals surface area contributed by atoms with Gasteiger partial charge < -0.3 is 9.47 Å². The van der Waals surface area contributed by atoms with E-state index in [-0.39, 0.29) is 0 Å². The van der Waals surface area contributed by atoms with E-state index in [2.05, 4.69) is 27.4 Å². The number of hydrogen-bond donors (Lipinski definition) is 0. The standard InChI is InChI=1S/C22H19ClN4O2S/c23-20-17(7-4-8-24-20)29-21-19-16(15-5-2-1-3-6-15)14-30-22(19)26-18(25-21)13-27-9-11-28-12-10-27/h1-8,14H,9-13H2. The first-order valence-electron chi connectivity index (χ1n) is 9.70. The molecule has 1 aliphatic rings. The highest BCUT2D eigenvalue weighted by molar-refractivity contribution is 7.17. The molecule has 1 saturated heterocycles. The summed E-state index contributed by atoms with van der Waals surface area (Å²) in [5, 5.41) is 3.29. The van der Waals surface area contributed by atoms with Gasteiger partial charge in [-0.2, -0.15) is 4.98 Å². The Hall–Kier alpha value is -2.58. The topological polar surface area (TPSA) is 60.4 Å². The summed E-state index contributed by atoms with van der Waals surface area (Å²) >= 11 is 7.84. The fraction of sp³-hybridized carbons (Fsp3) is 0.227. The Morgan fingerprint density at radius 3 is 2.70 bits per heavy atom. The van der Waals surface area contributed by atoms with E-state index in [1.165, 1.54) is 0 Å². The average molecular weight is 439 g/mol. The molecule has 4 aromatic rings. The van der Waals surface area contributed by atoms with E-state index in [9.17, 15) is 0 Å². The molecule has 1 aromatic carbocycles. The third kappa shape index (κ3) is 4.02. The van der Waals surface area contributed by atoms with Crippen LogP contribution < -0.4 is 4.74 Å². The number of hydrogen-bond acceptors (Lipinski definition) is 7. The zero-order chi connectivity index (χ0) is 20.3. The van der Waals surface area contributed by atoms with Gasteiger partial charge in [0.15, 0.2) is 10.9 Å². The minimum Gasteiger partial charge on any atom is -0.435 e. The maximum absolute atomic E-state index is 6.25. The summed E-state index contributed by atoms with van der Waals surface area (Å²) in [6, 6.07) is 13.8. The highest BCUT2D eigenvalue weighted by Crippen LogP contribution is 2.40. The number of nitrogens with zero attached hydrogens (tertiary/aromatic N) is 4. The molecular formula is C22H19ClN4O2S. The highest BCUT2D eigenvalue weighted by atomic mass is 35.5. The van der Waals surface area contributed by atoms with Crippen molar-refractivity contribution in [2.75, 3.05) is 26.3 Å². The van der Waals surface area contributed by atoms with Gasteiger partial charge in [-0.15, -0.1) is 11.3 Å². The summed E-state index contributed by atoms with van der Waals surface area (Å²) < 4.78 is 11.6. The third-order valence-electron chi connectivity index (χ3n) is 4.93. The van der Waals surface area contributed by atoms with Crippen LogP contribution in [0, 0.1) is 0 Å². The van der Waals surface area contributed by atoms with Gasteiger partial charge >= 0.3 is 0 Å². The van der Waals surface area contributed by atoms with Crippen molar-refractivity contribution in [3.05, 3.63) is 65.0 Å². The van der Waals surface area contributed by atoms with Crippen molar-refractivity contribution in [2.24, 2.45) is 0 Å². The number of ether oxygens (including phenoxy) is 2. The molecule has 1 aliphatic heterocycles. The largest absolute Gasteiger partial charge is 0.435 e. The first-order chi connectivity index (χ1) is 14.8. The van der Waals surface area contributed by atoms with E-state index in [0.717, 1.165) is 53.5 Å². The van der Waals surface area contributed by atoms with Crippen LogP contribution in [-0.4, -0.2) is 46.2 Å². The van der Waals surface area contributed by atoms with Crippen LogP contribution in [0.1, 0.15) is 5.82 Å². The van der Waals surface area contributed by atoms with Crippen molar-refractivity contribution in [1.82, 2.24) is 19.9 Å². The Morgan fingerprint density at radius 1 is 1.07 bits per heavy atom. The molecule has 5 rings (SSSR count). The van der Waals surface area contributed by atoms with Crippen molar-refractivity contribution in [1.29, 1.82) is 0 Å². The molecule has 0 unspecified atom stereocenters. The highest BCUT2D eigenvalue weighted by Gasteiger charge is 2.20. The van der Waals surface area contributed by atoms with E-state index in [1.807, 2.05) is 18.2 Å². The van der Waals surface area contributed by atoms with Crippen LogP contribution in [0.25, 0.3) is 21.3 Å². The fourth-order valence-corrected chi connectivity index (χ4v) is 4.55. The Kier molecular flexibility index (Phi) is 5.59. The smallest absolute Gasteiger partial charge is 0.232 e. The summed E-state index contributed by atoms with van der Waals surface area (Å²) in [4.78, 5) is 16.9. The predicted octanol–water partition coefficient (Wildman–Crippen LogP) is 5.03. The molecule has 0 radical (unpaired) electrons. The van der Waals surface area contributed by atoms with Crippen molar-refractivity contribution < 1.29 is 9.47 Å². The van der Waals surface area contributed by atoms with Crippen molar-refractivity contribution >= 4 is 33.2 Å². The molecule has 0 bridgehead atoms. The molecule has 0 saturated carbocycles. The molecule has 4 heterocycles. The predicted molar refractivity (Wildman–Crippen MR) is 118 cm³/mol. The lowest BCUT2D eigenvalue weighted by atomic mass is 10.1. The van der Waals surface area contributed by atoms with Gasteiger partial charge in [-0.05, 0) is 17.7 Å². The number of benzene rings is 1. The van der Waals surface area contributed by atoms with E-state index >= 15 is 0 Å². The van der Waals surface area contributed by atoms with Crippen LogP contribution in [0.3, 0.4) is 0 Å². The molecule has 0 N–H and O–H groups in total. The minimum atomic E-state index is 0.301. The molecular weight excluding hydrogens is 420 g/mol. The summed E-state index contributed by atoms with van der Waals surface area (Å²) in [5.74, 6) is 1.70. The molecule has 0 atom stereocenters. The van der Waals surface area contributed by atoms with E-state index in [4.69, 9.17) is 31.0 Å². The lowest BCUT2D eigenvalue weighted by molar-refractivity contribution is 0.0330. The number of halogens is 1. The van der Waals surface area contributed by atoms with Crippen LogP contribution in [-0.2, 0) is 11.3 Å². The van der Waals surface area contributed by atoms with Gasteiger partial charge in [0, 0.05) is 30.2 Å². The lowest BCUT2D eigenvalue weighted by Gasteiger charge is -2.25. The third-order valence-corrected chi connectivity index (χ3v) is 6.09. The van der Waals surface area contributed by atoms with E-state index < -0.39 is 0 Å². The van der Waals surface area contributed by atoms with Crippen LogP contribution >= 0.6 is 22.9 Å².